The molecule has 0 spiro atoms. The molecule has 0 bridgehead atoms. The van der Waals surface area contributed by atoms with Crippen LogP contribution in [0.15, 0.2) is 0 Å². The fraction of sp³-hybridized carbons (Fsp3) is 0.812. The Balaban J connectivity index is 2.75. The highest BCUT2D eigenvalue weighted by molar-refractivity contribution is 7.99. The lowest BCUT2D eigenvalue weighted by atomic mass is 10.1. The van der Waals surface area contributed by atoms with Crippen LogP contribution in [0.3, 0.4) is 0 Å². The maximum absolute atomic E-state index is 6.44. The number of halogens is 1. The minimum Gasteiger partial charge on any atom is -0.313 e. The number of aryl methyl sites for hydroxylation is 2. The highest BCUT2D eigenvalue weighted by atomic mass is 35.5. The second-order valence-electron chi connectivity index (χ2n) is 5.57. The fourth-order valence-electron chi connectivity index (χ4n) is 2.23. The molecule has 0 radical (unpaired) electrons. The topological polar surface area (TPSA) is 29.9 Å². The van der Waals surface area contributed by atoms with Gasteiger partial charge in [0.05, 0.1) is 16.4 Å². The van der Waals surface area contributed by atoms with Crippen molar-refractivity contribution >= 4 is 23.4 Å². The lowest BCUT2D eigenvalue weighted by molar-refractivity contribution is 0.519. The summed E-state index contributed by atoms with van der Waals surface area (Å²) in [5, 5.41) is 9.74. The summed E-state index contributed by atoms with van der Waals surface area (Å²) < 4.78 is 2.05. The Morgan fingerprint density at radius 3 is 2.62 bits per heavy atom. The third-order valence-electron chi connectivity index (χ3n) is 3.73. The Kier molecular flexibility index (Phi) is 8.76. The van der Waals surface area contributed by atoms with Crippen LogP contribution >= 0.6 is 23.4 Å². The second-order valence-corrected chi connectivity index (χ2v) is 7.42. The maximum atomic E-state index is 6.44. The number of hydrogen-bond donors (Lipinski definition) is 1. The van der Waals surface area contributed by atoms with E-state index < -0.39 is 0 Å². The number of nitrogens with zero attached hydrogens (tertiary/aromatic N) is 2. The minimum absolute atomic E-state index is 0.461. The van der Waals surface area contributed by atoms with Crippen LogP contribution in [0.5, 0.6) is 0 Å². The predicted molar refractivity (Wildman–Crippen MR) is 95.6 cm³/mol. The van der Waals surface area contributed by atoms with Crippen molar-refractivity contribution in [2.45, 2.75) is 71.7 Å². The molecular formula is C16H30ClN3S. The first kappa shape index (κ1) is 18.9. The first-order valence-electron chi connectivity index (χ1n) is 8.10. The van der Waals surface area contributed by atoms with Gasteiger partial charge in [-0.05, 0) is 33.2 Å². The average molecular weight is 332 g/mol. The molecule has 5 heteroatoms. The average Bonchev–Trinajstić information content (AvgIpc) is 2.76. The SMILES string of the molecule is CCCNC(CSC(C)CC)Cc1c(Cl)c(C)nn1CC. The maximum Gasteiger partial charge on any atom is 0.0847 e. The van der Waals surface area contributed by atoms with E-state index in [2.05, 4.69) is 38.1 Å². The molecule has 122 valence electrons. The fourth-order valence-corrected chi connectivity index (χ4v) is 3.48. The van der Waals surface area contributed by atoms with Crippen LogP contribution in [0.1, 0.15) is 51.9 Å². The van der Waals surface area contributed by atoms with Gasteiger partial charge in [0.1, 0.15) is 0 Å². The minimum atomic E-state index is 0.461. The van der Waals surface area contributed by atoms with E-state index in [0.717, 1.165) is 42.4 Å². The van der Waals surface area contributed by atoms with Gasteiger partial charge in [0, 0.05) is 30.0 Å². The summed E-state index contributed by atoms with van der Waals surface area (Å²) in [5.74, 6) is 1.12. The van der Waals surface area contributed by atoms with Crippen molar-refractivity contribution in [3.63, 3.8) is 0 Å². The zero-order chi connectivity index (χ0) is 15.8. The molecule has 0 aromatic carbocycles. The zero-order valence-electron chi connectivity index (χ0n) is 14.1. The van der Waals surface area contributed by atoms with E-state index in [1.165, 1.54) is 12.1 Å². The van der Waals surface area contributed by atoms with Gasteiger partial charge in [-0.25, -0.2) is 0 Å². The molecule has 1 N–H and O–H groups in total. The lowest BCUT2D eigenvalue weighted by Crippen LogP contribution is -2.35. The molecule has 0 aliphatic carbocycles. The van der Waals surface area contributed by atoms with Gasteiger partial charge in [0.25, 0.3) is 0 Å². The highest BCUT2D eigenvalue weighted by Gasteiger charge is 2.18. The molecule has 0 fully saturated rings. The first-order chi connectivity index (χ1) is 10.0. The van der Waals surface area contributed by atoms with Crippen LogP contribution in [0.4, 0.5) is 0 Å². The quantitative estimate of drug-likeness (QED) is 0.693. The van der Waals surface area contributed by atoms with E-state index in [9.17, 15) is 0 Å². The van der Waals surface area contributed by atoms with Gasteiger partial charge in [0.15, 0.2) is 0 Å². The molecule has 0 aliphatic rings. The summed E-state index contributed by atoms with van der Waals surface area (Å²) in [6, 6.07) is 0.461. The Morgan fingerprint density at radius 1 is 1.33 bits per heavy atom. The van der Waals surface area contributed by atoms with E-state index in [1.807, 2.05) is 23.4 Å². The van der Waals surface area contributed by atoms with E-state index in [0.29, 0.717) is 11.3 Å². The van der Waals surface area contributed by atoms with E-state index in [1.54, 1.807) is 0 Å². The van der Waals surface area contributed by atoms with Crippen LogP contribution in [0.2, 0.25) is 5.02 Å². The van der Waals surface area contributed by atoms with Crippen LogP contribution < -0.4 is 5.32 Å². The highest BCUT2D eigenvalue weighted by Crippen LogP contribution is 2.23. The van der Waals surface area contributed by atoms with Crippen LogP contribution in [-0.2, 0) is 13.0 Å². The zero-order valence-corrected chi connectivity index (χ0v) is 15.7. The molecule has 1 aromatic rings. The molecule has 21 heavy (non-hydrogen) atoms. The van der Waals surface area contributed by atoms with E-state index in [-0.39, 0.29) is 0 Å². The molecule has 2 atom stereocenters. The van der Waals surface area contributed by atoms with Gasteiger partial charge in [0.2, 0.25) is 0 Å². The summed E-state index contributed by atoms with van der Waals surface area (Å²) in [6.45, 7) is 12.8. The van der Waals surface area contributed by atoms with Crippen LogP contribution in [-0.4, -0.2) is 33.4 Å². The second kappa shape index (κ2) is 9.75. The normalized spacial score (nSPS) is 14.4. The summed E-state index contributed by atoms with van der Waals surface area (Å²) in [6.07, 6.45) is 3.33. The predicted octanol–water partition coefficient (Wildman–Crippen LogP) is 4.31. The van der Waals surface area contributed by atoms with Gasteiger partial charge in [-0.15, -0.1) is 0 Å². The number of aromatic nitrogens is 2. The van der Waals surface area contributed by atoms with Crippen LogP contribution in [0, 0.1) is 6.92 Å². The molecule has 1 heterocycles. The Bertz CT molecular complexity index is 420. The first-order valence-corrected chi connectivity index (χ1v) is 9.52. The number of hydrogen-bond acceptors (Lipinski definition) is 3. The largest absolute Gasteiger partial charge is 0.313 e. The van der Waals surface area contributed by atoms with Gasteiger partial charge in [-0.3, -0.25) is 4.68 Å². The number of thioether (sulfide) groups is 1. The third kappa shape index (κ3) is 5.84. The molecule has 1 rings (SSSR count). The van der Waals surface area contributed by atoms with Crippen molar-refractivity contribution < 1.29 is 0 Å². The Labute approximate surface area is 139 Å². The van der Waals surface area contributed by atoms with Crippen LogP contribution in [0.25, 0.3) is 0 Å². The monoisotopic (exact) mass is 331 g/mol. The lowest BCUT2D eigenvalue weighted by Gasteiger charge is -2.20. The standard InChI is InChI=1S/C16H30ClN3S/c1-6-9-18-14(11-21-12(4)7-2)10-15-16(17)13(5)19-20(15)8-3/h12,14,18H,6-11H2,1-5H3. The van der Waals surface area contributed by atoms with E-state index >= 15 is 0 Å². The van der Waals surface area contributed by atoms with Crippen molar-refractivity contribution in [2.24, 2.45) is 0 Å². The van der Waals surface area contributed by atoms with Crippen molar-refractivity contribution in [2.75, 3.05) is 12.3 Å². The van der Waals surface area contributed by atoms with Gasteiger partial charge >= 0.3 is 0 Å². The van der Waals surface area contributed by atoms with Crippen molar-refractivity contribution in [3.8, 4) is 0 Å². The summed E-state index contributed by atoms with van der Waals surface area (Å²) in [4.78, 5) is 0. The molecule has 0 aliphatic heterocycles. The third-order valence-corrected chi connectivity index (χ3v) is 5.72. The molecule has 3 nitrogen and oxygen atoms in total. The number of rotatable bonds is 10. The molecule has 0 amide bonds. The molecule has 0 saturated heterocycles. The smallest absolute Gasteiger partial charge is 0.0847 e. The summed E-state index contributed by atoms with van der Waals surface area (Å²) in [5.41, 5.74) is 2.12. The summed E-state index contributed by atoms with van der Waals surface area (Å²) >= 11 is 8.49. The van der Waals surface area contributed by atoms with Crippen molar-refractivity contribution in [1.29, 1.82) is 0 Å². The Hall–Kier alpha value is -0.190. The van der Waals surface area contributed by atoms with Crippen molar-refractivity contribution in [3.05, 3.63) is 16.4 Å². The number of nitrogens with one attached hydrogen (secondary N) is 1. The van der Waals surface area contributed by atoms with Gasteiger partial charge < -0.3 is 5.32 Å². The summed E-state index contributed by atoms with van der Waals surface area (Å²) in [7, 11) is 0. The van der Waals surface area contributed by atoms with E-state index in [4.69, 9.17) is 11.6 Å². The van der Waals surface area contributed by atoms with Gasteiger partial charge in [-0.1, -0.05) is 32.4 Å². The molecular weight excluding hydrogens is 302 g/mol. The van der Waals surface area contributed by atoms with Gasteiger partial charge in [-0.2, -0.15) is 16.9 Å². The molecule has 2 unspecified atom stereocenters. The Morgan fingerprint density at radius 2 is 2.05 bits per heavy atom. The molecule has 1 aromatic heterocycles. The van der Waals surface area contributed by atoms with Crippen molar-refractivity contribution in [1.82, 2.24) is 15.1 Å². The molecule has 0 saturated carbocycles.